The van der Waals surface area contributed by atoms with E-state index in [0.29, 0.717) is 6.42 Å². The van der Waals surface area contributed by atoms with Crippen molar-refractivity contribution in [3.63, 3.8) is 0 Å². The number of ketones is 1. The molecule has 0 aliphatic heterocycles. The van der Waals surface area contributed by atoms with E-state index in [0.717, 1.165) is 22.4 Å². The van der Waals surface area contributed by atoms with Gasteiger partial charge in [0.1, 0.15) is 0 Å². The van der Waals surface area contributed by atoms with Crippen molar-refractivity contribution in [1.82, 2.24) is 0 Å². The molecule has 0 saturated carbocycles. The number of rotatable bonds is 1. The van der Waals surface area contributed by atoms with Crippen LogP contribution in [-0.4, -0.2) is 5.78 Å². The van der Waals surface area contributed by atoms with E-state index in [9.17, 15) is 4.79 Å². The zero-order chi connectivity index (χ0) is 9.26. The average Bonchev–Trinajstić information content (AvgIpc) is 2.61. The Morgan fingerprint density at radius 1 is 1.38 bits per heavy atom. The molecule has 1 aromatic rings. The third-order valence-corrected chi connectivity index (χ3v) is 3.05. The molecular weight excluding hydrogens is 180 g/mol. The van der Waals surface area contributed by atoms with E-state index in [1.54, 1.807) is 17.4 Å². The summed E-state index contributed by atoms with van der Waals surface area (Å²) < 4.78 is 0. The quantitative estimate of drug-likeness (QED) is 0.665. The van der Waals surface area contributed by atoms with Crippen LogP contribution in [0.1, 0.15) is 17.7 Å². The van der Waals surface area contributed by atoms with Crippen molar-refractivity contribution in [1.29, 1.82) is 0 Å². The van der Waals surface area contributed by atoms with Gasteiger partial charge in [-0.1, -0.05) is 12.6 Å². The Kier molecular flexibility index (Phi) is 2.15. The van der Waals surface area contributed by atoms with Crippen molar-refractivity contribution < 1.29 is 4.79 Å². The Labute approximate surface area is 81.4 Å². The van der Waals surface area contributed by atoms with Gasteiger partial charge in [-0.3, -0.25) is 4.79 Å². The van der Waals surface area contributed by atoms with Crippen LogP contribution in [0.5, 0.6) is 0 Å². The third-order valence-electron chi connectivity index (χ3n) is 2.15. The minimum Gasteiger partial charge on any atom is -0.295 e. The second kappa shape index (κ2) is 3.30. The molecular formula is C11H10OS. The van der Waals surface area contributed by atoms with Gasteiger partial charge >= 0.3 is 0 Å². The number of thiophene rings is 1. The molecule has 0 spiro atoms. The highest BCUT2D eigenvalue weighted by atomic mass is 32.1. The van der Waals surface area contributed by atoms with Gasteiger partial charge in [0.2, 0.25) is 0 Å². The van der Waals surface area contributed by atoms with Gasteiger partial charge in [0.05, 0.1) is 0 Å². The number of allylic oxidation sites excluding steroid dienone is 3. The maximum Gasteiger partial charge on any atom is 0.156 e. The number of hydrogen-bond acceptors (Lipinski definition) is 2. The number of hydrogen-bond donors (Lipinski definition) is 0. The Hall–Kier alpha value is -1.15. The number of carbonyl (C=O) groups excluding carboxylic acids is 1. The van der Waals surface area contributed by atoms with Gasteiger partial charge in [0, 0.05) is 11.3 Å². The summed E-state index contributed by atoms with van der Waals surface area (Å²) in [5.41, 5.74) is 2.12. The van der Waals surface area contributed by atoms with Gasteiger partial charge < -0.3 is 0 Å². The Balaban J connectivity index is 2.41. The first kappa shape index (κ1) is 8.45. The molecule has 0 amide bonds. The fourth-order valence-electron chi connectivity index (χ4n) is 1.42. The van der Waals surface area contributed by atoms with Gasteiger partial charge in [-0.25, -0.2) is 0 Å². The molecule has 0 aromatic carbocycles. The molecule has 2 heteroatoms. The smallest absolute Gasteiger partial charge is 0.156 e. The monoisotopic (exact) mass is 190 g/mol. The number of carbonyl (C=O) groups is 1. The first-order valence-corrected chi connectivity index (χ1v) is 5.12. The molecule has 0 bridgehead atoms. The van der Waals surface area contributed by atoms with Crippen molar-refractivity contribution in [2.45, 2.75) is 12.8 Å². The molecule has 0 fully saturated rings. The summed E-state index contributed by atoms with van der Waals surface area (Å²) in [5, 5.41) is 2.02. The minimum atomic E-state index is 0.218. The summed E-state index contributed by atoms with van der Waals surface area (Å²) in [6.07, 6.45) is 3.15. The van der Waals surface area contributed by atoms with Crippen LogP contribution in [0.3, 0.4) is 0 Å². The standard InChI is InChI=1S/C11H10OS/c1-8-4-5-9(12)7-10(8)11-3-2-6-13-11/h2-3,6-7H,1,4-5H2. The summed E-state index contributed by atoms with van der Waals surface area (Å²) >= 11 is 1.65. The lowest BCUT2D eigenvalue weighted by Crippen LogP contribution is -2.03. The lowest BCUT2D eigenvalue weighted by atomic mass is 9.93. The molecule has 0 unspecified atom stereocenters. The van der Waals surface area contributed by atoms with E-state index < -0.39 is 0 Å². The summed E-state index contributed by atoms with van der Waals surface area (Å²) in [6, 6.07) is 4.02. The highest BCUT2D eigenvalue weighted by Gasteiger charge is 2.15. The molecule has 1 aliphatic rings. The van der Waals surface area contributed by atoms with E-state index in [1.165, 1.54) is 0 Å². The van der Waals surface area contributed by atoms with Gasteiger partial charge in [0.25, 0.3) is 0 Å². The molecule has 0 saturated heterocycles. The van der Waals surface area contributed by atoms with Crippen molar-refractivity contribution in [2.24, 2.45) is 0 Å². The topological polar surface area (TPSA) is 17.1 Å². The van der Waals surface area contributed by atoms with Gasteiger partial charge in [-0.2, -0.15) is 0 Å². The average molecular weight is 190 g/mol. The molecule has 0 N–H and O–H groups in total. The lowest BCUT2D eigenvalue weighted by molar-refractivity contribution is -0.114. The van der Waals surface area contributed by atoms with E-state index in [1.807, 2.05) is 17.5 Å². The minimum absolute atomic E-state index is 0.218. The van der Waals surface area contributed by atoms with Crippen LogP contribution in [0.2, 0.25) is 0 Å². The van der Waals surface area contributed by atoms with Crippen LogP contribution in [-0.2, 0) is 4.79 Å². The molecule has 0 atom stereocenters. The molecule has 0 radical (unpaired) electrons. The van der Waals surface area contributed by atoms with Gasteiger partial charge in [0.15, 0.2) is 5.78 Å². The first-order chi connectivity index (χ1) is 6.27. The van der Waals surface area contributed by atoms with E-state index in [-0.39, 0.29) is 5.78 Å². The summed E-state index contributed by atoms with van der Waals surface area (Å²) in [7, 11) is 0. The predicted molar refractivity (Wildman–Crippen MR) is 55.7 cm³/mol. The summed E-state index contributed by atoms with van der Waals surface area (Å²) in [4.78, 5) is 12.4. The van der Waals surface area contributed by atoms with Crippen molar-refractivity contribution >= 4 is 22.7 Å². The zero-order valence-corrected chi connectivity index (χ0v) is 8.06. The van der Waals surface area contributed by atoms with Gasteiger partial charge in [-0.15, -0.1) is 11.3 Å². The molecule has 1 aliphatic carbocycles. The summed E-state index contributed by atoms with van der Waals surface area (Å²) in [5.74, 6) is 0.218. The Morgan fingerprint density at radius 2 is 2.23 bits per heavy atom. The molecule has 1 nitrogen and oxygen atoms in total. The fourth-order valence-corrected chi connectivity index (χ4v) is 2.21. The van der Waals surface area contributed by atoms with Crippen molar-refractivity contribution in [3.8, 4) is 0 Å². The van der Waals surface area contributed by atoms with E-state index in [2.05, 4.69) is 6.58 Å². The third kappa shape index (κ3) is 1.63. The van der Waals surface area contributed by atoms with Crippen molar-refractivity contribution in [3.05, 3.63) is 40.6 Å². The van der Waals surface area contributed by atoms with Crippen LogP contribution in [0.4, 0.5) is 0 Å². The maximum atomic E-state index is 11.2. The fraction of sp³-hybridized carbons (Fsp3) is 0.182. The van der Waals surface area contributed by atoms with Crippen molar-refractivity contribution in [2.75, 3.05) is 0 Å². The Morgan fingerprint density at radius 3 is 2.92 bits per heavy atom. The molecule has 2 rings (SSSR count). The second-order valence-corrected chi connectivity index (χ2v) is 4.05. The molecule has 1 heterocycles. The van der Waals surface area contributed by atoms with Crippen LogP contribution >= 0.6 is 11.3 Å². The van der Waals surface area contributed by atoms with Crippen LogP contribution in [0.25, 0.3) is 5.57 Å². The highest BCUT2D eigenvalue weighted by Crippen LogP contribution is 2.31. The maximum absolute atomic E-state index is 11.2. The second-order valence-electron chi connectivity index (χ2n) is 3.11. The predicted octanol–water partition coefficient (Wildman–Crippen LogP) is 3.05. The van der Waals surface area contributed by atoms with Crippen LogP contribution in [0, 0.1) is 0 Å². The SMILES string of the molecule is C=C1CCC(=O)C=C1c1cccs1. The molecule has 13 heavy (non-hydrogen) atoms. The van der Waals surface area contributed by atoms with E-state index >= 15 is 0 Å². The molecule has 1 aromatic heterocycles. The Bertz CT molecular complexity index is 371. The summed E-state index contributed by atoms with van der Waals surface area (Å²) in [6.45, 7) is 3.97. The van der Waals surface area contributed by atoms with Crippen LogP contribution in [0.15, 0.2) is 35.7 Å². The normalized spacial score (nSPS) is 17.4. The van der Waals surface area contributed by atoms with Crippen LogP contribution < -0.4 is 0 Å². The lowest BCUT2D eigenvalue weighted by Gasteiger charge is -2.13. The van der Waals surface area contributed by atoms with Gasteiger partial charge in [-0.05, 0) is 35.1 Å². The largest absolute Gasteiger partial charge is 0.295 e. The van der Waals surface area contributed by atoms with E-state index in [4.69, 9.17) is 0 Å². The highest BCUT2D eigenvalue weighted by molar-refractivity contribution is 7.11. The zero-order valence-electron chi connectivity index (χ0n) is 7.25. The first-order valence-electron chi connectivity index (χ1n) is 4.24. The molecule has 66 valence electrons.